The van der Waals surface area contributed by atoms with Crippen LogP contribution in [0.15, 0.2) is 18.6 Å². The first-order valence-electron chi connectivity index (χ1n) is 4.28. The summed E-state index contributed by atoms with van der Waals surface area (Å²) in [6.07, 6.45) is 2.97. The van der Waals surface area contributed by atoms with Crippen molar-refractivity contribution in [2.24, 2.45) is 5.84 Å². The number of carbonyl (C=O) groups excluding carboxylic acids is 1. The van der Waals surface area contributed by atoms with Crippen LogP contribution < -0.4 is 16.6 Å². The highest BCUT2D eigenvalue weighted by molar-refractivity contribution is 5.94. The van der Waals surface area contributed by atoms with E-state index in [2.05, 4.69) is 15.3 Å². The number of hydrazine groups is 1. The maximum absolute atomic E-state index is 11.3. The Labute approximate surface area is 85.3 Å². The fraction of sp³-hybridized carbons (Fsp3) is 0.125. The van der Waals surface area contributed by atoms with Crippen molar-refractivity contribution < 1.29 is 4.79 Å². The SMILES string of the molecule is CNc1ncnc2c1ccn2C(=O)NN. The average molecular weight is 206 g/mol. The molecule has 0 bridgehead atoms. The van der Waals surface area contributed by atoms with E-state index < -0.39 is 6.03 Å². The number of hydrogen-bond donors (Lipinski definition) is 3. The van der Waals surface area contributed by atoms with Crippen LogP contribution >= 0.6 is 0 Å². The third-order valence-electron chi connectivity index (χ3n) is 2.06. The van der Waals surface area contributed by atoms with E-state index in [-0.39, 0.29) is 0 Å². The van der Waals surface area contributed by atoms with Gasteiger partial charge in [-0.15, -0.1) is 0 Å². The van der Waals surface area contributed by atoms with Crippen molar-refractivity contribution in [1.29, 1.82) is 0 Å². The number of nitrogen functional groups attached to an aromatic ring is 1. The molecule has 0 radical (unpaired) electrons. The smallest absolute Gasteiger partial charge is 0.341 e. The van der Waals surface area contributed by atoms with Crippen molar-refractivity contribution in [2.45, 2.75) is 0 Å². The second-order valence-electron chi connectivity index (χ2n) is 2.84. The Morgan fingerprint density at radius 3 is 3.00 bits per heavy atom. The highest BCUT2D eigenvalue weighted by atomic mass is 16.2. The number of carbonyl (C=O) groups is 1. The second kappa shape index (κ2) is 3.54. The normalized spacial score (nSPS) is 10.3. The number of rotatable bonds is 1. The lowest BCUT2D eigenvalue weighted by Crippen LogP contribution is -2.33. The van der Waals surface area contributed by atoms with Gasteiger partial charge in [0, 0.05) is 13.2 Å². The predicted octanol–water partition coefficient (Wildman–Crippen LogP) is -0.0956. The lowest BCUT2D eigenvalue weighted by atomic mass is 10.4. The van der Waals surface area contributed by atoms with Gasteiger partial charge in [-0.1, -0.05) is 0 Å². The molecule has 1 amide bonds. The Bertz CT molecular complexity index is 505. The molecule has 0 aliphatic carbocycles. The monoisotopic (exact) mass is 206 g/mol. The standard InChI is InChI=1S/C8H10N6O/c1-10-6-5-2-3-14(8(15)13-9)7(5)12-4-11-6/h2-4H,9H2,1H3,(H,13,15)(H,10,11,12). The van der Waals surface area contributed by atoms with Crippen molar-refractivity contribution >= 4 is 22.9 Å². The zero-order valence-electron chi connectivity index (χ0n) is 8.06. The summed E-state index contributed by atoms with van der Waals surface area (Å²) >= 11 is 0. The third kappa shape index (κ3) is 1.38. The van der Waals surface area contributed by atoms with Gasteiger partial charge in [-0.3, -0.25) is 9.99 Å². The van der Waals surface area contributed by atoms with Gasteiger partial charge in [-0.25, -0.2) is 20.6 Å². The van der Waals surface area contributed by atoms with Crippen LogP contribution in [0.1, 0.15) is 0 Å². The van der Waals surface area contributed by atoms with E-state index in [0.29, 0.717) is 11.5 Å². The van der Waals surface area contributed by atoms with Gasteiger partial charge >= 0.3 is 6.03 Å². The van der Waals surface area contributed by atoms with Crippen molar-refractivity contribution in [3.05, 3.63) is 18.6 Å². The summed E-state index contributed by atoms with van der Waals surface area (Å²) in [6, 6.07) is 1.31. The van der Waals surface area contributed by atoms with E-state index >= 15 is 0 Å². The quantitative estimate of drug-likeness (QED) is 0.344. The maximum Gasteiger partial charge on any atom is 0.341 e. The largest absolute Gasteiger partial charge is 0.372 e. The van der Waals surface area contributed by atoms with E-state index in [1.807, 2.05) is 5.43 Å². The summed E-state index contributed by atoms with van der Waals surface area (Å²) < 4.78 is 1.32. The summed E-state index contributed by atoms with van der Waals surface area (Å²) in [4.78, 5) is 19.4. The molecular weight excluding hydrogens is 196 g/mol. The lowest BCUT2D eigenvalue weighted by Gasteiger charge is -2.02. The number of nitrogens with two attached hydrogens (primary N) is 1. The lowest BCUT2D eigenvalue weighted by molar-refractivity contribution is 0.243. The molecule has 0 saturated heterocycles. The second-order valence-corrected chi connectivity index (χ2v) is 2.84. The Balaban J connectivity index is 2.66. The maximum atomic E-state index is 11.3. The third-order valence-corrected chi connectivity index (χ3v) is 2.06. The Kier molecular flexibility index (Phi) is 2.22. The van der Waals surface area contributed by atoms with Gasteiger partial charge in [0.15, 0.2) is 5.65 Å². The van der Waals surface area contributed by atoms with E-state index in [9.17, 15) is 4.79 Å². The minimum Gasteiger partial charge on any atom is -0.372 e. The fourth-order valence-corrected chi connectivity index (χ4v) is 1.38. The predicted molar refractivity (Wildman–Crippen MR) is 55.2 cm³/mol. The molecule has 15 heavy (non-hydrogen) atoms. The molecule has 0 fully saturated rings. The Hall–Kier alpha value is -2.15. The summed E-state index contributed by atoms with van der Waals surface area (Å²) in [7, 11) is 1.75. The van der Waals surface area contributed by atoms with Crippen molar-refractivity contribution in [3.63, 3.8) is 0 Å². The number of aromatic nitrogens is 3. The molecule has 78 valence electrons. The zero-order chi connectivity index (χ0) is 10.8. The van der Waals surface area contributed by atoms with Gasteiger partial charge in [0.1, 0.15) is 12.1 Å². The molecule has 0 aromatic carbocycles. The number of amides is 1. The average Bonchev–Trinajstić information content (AvgIpc) is 2.71. The van der Waals surface area contributed by atoms with Crippen LogP contribution in [-0.4, -0.2) is 27.6 Å². The molecule has 2 rings (SSSR count). The van der Waals surface area contributed by atoms with Gasteiger partial charge in [-0.2, -0.15) is 0 Å². The summed E-state index contributed by atoms with van der Waals surface area (Å²) in [6.45, 7) is 0. The number of anilines is 1. The molecular formula is C8H10N6O. The van der Waals surface area contributed by atoms with Crippen LogP contribution in [0.4, 0.5) is 10.6 Å². The van der Waals surface area contributed by atoms with Crippen LogP contribution in [0.5, 0.6) is 0 Å². The van der Waals surface area contributed by atoms with Crippen LogP contribution in [0.2, 0.25) is 0 Å². The molecule has 7 heteroatoms. The molecule has 2 aromatic heterocycles. The molecule has 2 heterocycles. The first-order chi connectivity index (χ1) is 7.27. The van der Waals surface area contributed by atoms with E-state index in [0.717, 1.165) is 5.39 Å². The highest BCUT2D eigenvalue weighted by Crippen LogP contribution is 2.19. The Morgan fingerprint density at radius 1 is 1.53 bits per heavy atom. The molecule has 2 aromatic rings. The molecule has 7 nitrogen and oxygen atoms in total. The van der Waals surface area contributed by atoms with Gasteiger partial charge in [0.25, 0.3) is 0 Å². The van der Waals surface area contributed by atoms with E-state index in [1.165, 1.54) is 10.9 Å². The minimum absolute atomic E-state index is 0.439. The first kappa shape index (κ1) is 9.41. The summed E-state index contributed by atoms with van der Waals surface area (Å²) in [5.74, 6) is 5.72. The topological polar surface area (TPSA) is 97.9 Å². The summed E-state index contributed by atoms with van der Waals surface area (Å²) in [5.41, 5.74) is 2.55. The molecule has 0 aliphatic rings. The zero-order valence-corrected chi connectivity index (χ0v) is 8.06. The van der Waals surface area contributed by atoms with E-state index in [1.54, 1.807) is 19.3 Å². The number of hydrogen-bond acceptors (Lipinski definition) is 5. The number of nitrogens with one attached hydrogen (secondary N) is 2. The van der Waals surface area contributed by atoms with Gasteiger partial charge in [0.05, 0.1) is 5.39 Å². The van der Waals surface area contributed by atoms with Crippen molar-refractivity contribution in [3.8, 4) is 0 Å². The molecule has 0 spiro atoms. The highest BCUT2D eigenvalue weighted by Gasteiger charge is 2.10. The Morgan fingerprint density at radius 2 is 2.33 bits per heavy atom. The molecule has 0 saturated carbocycles. The van der Waals surface area contributed by atoms with Crippen LogP contribution in [-0.2, 0) is 0 Å². The van der Waals surface area contributed by atoms with E-state index in [4.69, 9.17) is 5.84 Å². The summed E-state index contributed by atoms with van der Waals surface area (Å²) in [5, 5.41) is 3.68. The molecule has 0 unspecified atom stereocenters. The molecule has 4 N–H and O–H groups in total. The number of fused-ring (bicyclic) bond motifs is 1. The van der Waals surface area contributed by atoms with Crippen LogP contribution in [0, 0.1) is 0 Å². The van der Waals surface area contributed by atoms with Crippen molar-refractivity contribution in [2.75, 3.05) is 12.4 Å². The van der Waals surface area contributed by atoms with Gasteiger partial charge in [-0.05, 0) is 6.07 Å². The van der Waals surface area contributed by atoms with Gasteiger partial charge in [0.2, 0.25) is 0 Å². The van der Waals surface area contributed by atoms with Crippen LogP contribution in [0.3, 0.4) is 0 Å². The van der Waals surface area contributed by atoms with Crippen LogP contribution in [0.25, 0.3) is 11.0 Å². The number of nitrogens with zero attached hydrogens (tertiary/aromatic N) is 3. The minimum atomic E-state index is -0.439. The molecule has 0 aliphatic heterocycles. The van der Waals surface area contributed by atoms with Crippen molar-refractivity contribution in [1.82, 2.24) is 20.0 Å². The first-order valence-corrected chi connectivity index (χ1v) is 4.28. The van der Waals surface area contributed by atoms with Gasteiger partial charge < -0.3 is 5.32 Å². The molecule has 0 atom stereocenters. The fourth-order valence-electron chi connectivity index (χ4n) is 1.38.